The van der Waals surface area contributed by atoms with Crippen molar-refractivity contribution in [2.24, 2.45) is 0 Å². The number of para-hydroxylation sites is 6. The predicted octanol–water partition coefficient (Wildman–Crippen LogP) is 12.4. The van der Waals surface area contributed by atoms with E-state index in [1.54, 1.807) is 0 Å². The molecular weight excluding hydrogens is 671 g/mol. The van der Waals surface area contributed by atoms with Crippen molar-refractivity contribution in [3.05, 3.63) is 187 Å². The van der Waals surface area contributed by atoms with Crippen LogP contribution in [-0.4, -0.2) is 13.7 Å². The lowest BCUT2D eigenvalue weighted by molar-refractivity contribution is 1.15. The Bertz CT molecular complexity index is 3420. The quantitative estimate of drug-likeness (QED) is 0.184. The lowest BCUT2D eigenvalue weighted by Gasteiger charge is -2.18. The van der Waals surface area contributed by atoms with E-state index < -0.39 is 0 Å². The first kappa shape index (κ1) is 30.7. The van der Waals surface area contributed by atoms with Crippen LogP contribution in [0, 0.1) is 22.7 Å². The zero-order chi connectivity index (χ0) is 36.6. The van der Waals surface area contributed by atoms with Gasteiger partial charge in [0, 0.05) is 43.4 Å². The Labute approximate surface area is 316 Å². The van der Waals surface area contributed by atoms with Gasteiger partial charge in [-0.1, -0.05) is 121 Å². The van der Waals surface area contributed by atoms with Crippen molar-refractivity contribution in [2.75, 3.05) is 0 Å². The van der Waals surface area contributed by atoms with Crippen molar-refractivity contribution < 1.29 is 0 Å². The third-order valence-electron chi connectivity index (χ3n) is 11.1. The number of nitriles is 2. The van der Waals surface area contributed by atoms with Gasteiger partial charge in [-0.3, -0.25) is 0 Å². The van der Waals surface area contributed by atoms with Crippen molar-refractivity contribution in [3.63, 3.8) is 0 Å². The van der Waals surface area contributed by atoms with Crippen molar-refractivity contribution in [1.82, 2.24) is 13.7 Å². The topological polar surface area (TPSA) is 62.4 Å². The Kier molecular flexibility index (Phi) is 6.61. The number of aromatic nitrogens is 3. The van der Waals surface area contributed by atoms with Crippen molar-refractivity contribution in [3.8, 4) is 40.3 Å². The number of benzene rings is 8. The van der Waals surface area contributed by atoms with Crippen LogP contribution in [0.3, 0.4) is 0 Å². The molecule has 0 saturated carbocycles. The summed E-state index contributed by atoms with van der Waals surface area (Å²) in [5.41, 5.74) is 11.9. The second kappa shape index (κ2) is 11.8. The molecule has 0 atom stereocenters. The molecule has 3 heterocycles. The SMILES string of the molecule is N#Cc1c(-c2ccccc2-n2c3ccccc3c3c(-n4c5ccccc5c5ccccc54)cccc32)cccc1-n1c2ccccc2c2cccc(C#N)c21. The molecule has 55 heavy (non-hydrogen) atoms. The van der Waals surface area contributed by atoms with Gasteiger partial charge in [-0.15, -0.1) is 0 Å². The summed E-state index contributed by atoms with van der Waals surface area (Å²) in [5.74, 6) is 0. The minimum absolute atomic E-state index is 0.539. The first-order valence-electron chi connectivity index (χ1n) is 18.3. The summed E-state index contributed by atoms with van der Waals surface area (Å²) in [6.45, 7) is 0. The van der Waals surface area contributed by atoms with Crippen molar-refractivity contribution >= 4 is 65.4 Å². The number of fused-ring (bicyclic) bond motifs is 9. The second-order valence-corrected chi connectivity index (χ2v) is 13.9. The highest BCUT2D eigenvalue weighted by Gasteiger charge is 2.23. The van der Waals surface area contributed by atoms with Gasteiger partial charge >= 0.3 is 0 Å². The van der Waals surface area contributed by atoms with E-state index in [1.165, 1.54) is 10.8 Å². The molecular formula is C50H29N5. The Morgan fingerprint density at radius 1 is 0.327 bits per heavy atom. The maximum atomic E-state index is 11.1. The largest absolute Gasteiger partial charge is 0.309 e. The van der Waals surface area contributed by atoms with E-state index in [9.17, 15) is 10.5 Å². The molecule has 0 aliphatic heterocycles. The molecule has 0 unspecified atom stereocenters. The van der Waals surface area contributed by atoms with Crippen molar-refractivity contribution in [1.29, 1.82) is 10.5 Å². The number of hydrogen-bond acceptors (Lipinski definition) is 2. The van der Waals surface area contributed by atoms with Gasteiger partial charge < -0.3 is 13.7 Å². The standard InChI is InChI=1S/C50H29N5/c51-30-32-14-11-21-38-37-18-4-9-25-44(37)55(50(32)38)46-27-12-20-33(40(46)31-52)34-15-1-6-22-41(34)54-45-26-10-5-19-39(45)49-47(28-13-29-48(49)54)53-42-23-7-2-16-35(42)36-17-3-8-24-43(36)53/h1-29H. The Morgan fingerprint density at radius 2 is 0.782 bits per heavy atom. The van der Waals surface area contributed by atoms with Gasteiger partial charge in [-0.2, -0.15) is 10.5 Å². The molecule has 5 nitrogen and oxygen atoms in total. The minimum atomic E-state index is 0.539. The van der Waals surface area contributed by atoms with E-state index in [1.807, 2.05) is 48.5 Å². The zero-order valence-electron chi connectivity index (χ0n) is 29.5. The molecule has 3 aromatic heterocycles. The highest BCUT2D eigenvalue weighted by Crippen LogP contribution is 2.43. The summed E-state index contributed by atoms with van der Waals surface area (Å²) in [6.07, 6.45) is 0. The van der Waals surface area contributed by atoms with Crippen LogP contribution < -0.4 is 0 Å². The predicted molar refractivity (Wildman–Crippen MR) is 224 cm³/mol. The third-order valence-corrected chi connectivity index (χ3v) is 11.1. The lowest BCUT2D eigenvalue weighted by atomic mass is 9.96. The van der Waals surface area contributed by atoms with Crippen LogP contribution in [0.4, 0.5) is 0 Å². The molecule has 0 spiro atoms. The molecule has 0 fully saturated rings. The molecule has 0 bridgehead atoms. The van der Waals surface area contributed by atoms with Crippen LogP contribution in [0.1, 0.15) is 11.1 Å². The summed E-state index contributed by atoms with van der Waals surface area (Å²) in [6, 6.07) is 65.8. The molecule has 0 saturated heterocycles. The fourth-order valence-electron chi connectivity index (χ4n) is 8.95. The average Bonchev–Trinajstić information content (AvgIpc) is 3.89. The molecule has 5 heteroatoms. The summed E-state index contributed by atoms with van der Waals surface area (Å²) in [7, 11) is 0. The van der Waals surface area contributed by atoms with Gasteiger partial charge in [0.2, 0.25) is 0 Å². The van der Waals surface area contributed by atoms with Crippen LogP contribution in [-0.2, 0) is 0 Å². The first-order valence-corrected chi connectivity index (χ1v) is 18.3. The maximum Gasteiger partial charge on any atom is 0.102 e. The van der Waals surface area contributed by atoms with E-state index in [-0.39, 0.29) is 0 Å². The van der Waals surface area contributed by atoms with Gasteiger partial charge in [0.05, 0.1) is 61.3 Å². The molecule has 0 amide bonds. The number of hydrogen-bond donors (Lipinski definition) is 0. The van der Waals surface area contributed by atoms with E-state index in [4.69, 9.17) is 0 Å². The van der Waals surface area contributed by atoms with Crippen LogP contribution in [0.2, 0.25) is 0 Å². The summed E-state index contributed by atoms with van der Waals surface area (Å²) < 4.78 is 6.83. The summed E-state index contributed by atoms with van der Waals surface area (Å²) >= 11 is 0. The van der Waals surface area contributed by atoms with Crippen LogP contribution in [0.15, 0.2) is 176 Å². The first-order chi connectivity index (χ1) is 27.3. The molecule has 0 aliphatic rings. The van der Waals surface area contributed by atoms with Gasteiger partial charge in [-0.05, 0) is 54.6 Å². The Balaban J connectivity index is 1.20. The molecule has 11 aromatic rings. The summed E-state index contributed by atoms with van der Waals surface area (Å²) in [4.78, 5) is 0. The maximum absolute atomic E-state index is 11.1. The third kappa shape index (κ3) is 4.27. The minimum Gasteiger partial charge on any atom is -0.309 e. The highest BCUT2D eigenvalue weighted by molar-refractivity contribution is 6.17. The zero-order valence-corrected chi connectivity index (χ0v) is 29.5. The normalized spacial score (nSPS) is 11.6. The van der Waals surface area contributed by atoms with Gasteiger partial charge in [-0.25, -0.2) is 0 Å². The van der Waals surface area contributed by atoms with E-state index in [2.05, 4.69) is 153 Å². The number of nitrogens with zero attached hydrogens (tertiary/aromatic N) is 5. The molecule has 11 rings (SSSR count). The second-order valence-electron chi connectivity index (χ2n) is 13.9. The fourth-order valence-corrected chi connectivity index (χ4v) is 8.95. The molecule has 0 radical (unpaired) electrons. The molecule has 8 aromatic carbocycles. The van der Waals surface area contributed by atoms with Gasteiger partial charge in [0.1, 0.15) is 12.1 Å². The molecule has 0 N–H and O–H groups in total. The summed E-state index contributed by atoms with van der Waals surface area (Å²) in [5, 5.41) is 28.1. The monoisotopic (exact) mass is 699 g/mol. The molecule has 0 aliphatic carbocycles. The van der Waals surface area contributed by atoms with Crippen LogP contribution >= 0.6 is 0 Å². The highest BCUT2D eigenvalue weighted by atomic mass is 15.0. The Hall–Kier alpha value is -7.86. The van der Waals surface area contributed by atoms with Gasteiger partial charge in [0.25, 0.3) is 0 Å². The lowest BCUT2D eigenvalue weighted by Crippen LogP contribution is -2.03. The fraction of sp³-hybridized carbons (Fsp3) is 0. The Morgan fingerprint density at radius 3 is 1.47 bits per heavy atom. The van der Waals surface area contributed by atoms with Gasteiger partial charge in [0.15, 0.2) is 0 Å². The van der Waals surface area contributed by atoms with E-state index in [0.717, 1.165) is 82.8 Å². The number of rotatable bonds is 4. The smallest absolute Gasteiger partial charge is 0.102 e. The van der Waals surface area contributed by atoms with E-state index in [0.29, 0.717) is 11.1 Å². The van der Waals surface area contributed by atoms with Crippen molar-refractivity contribution in [2.45, 2.75) is 0 Å². The average molecular weight is 700 g/mol. The van der Waals surface area contributed by atoms with E-state index >= 15 is 0 Å². The van der Waals surface area contributed by atoms with Crippen LogP contribution in [0.25, 0.3) is 93.6 Å². The van der Waals surface area contributed by atoms with Crippen LogP contribution in [0.5, 0.6) is 0 Å². The molecule has 254 valence electrons.